The van der Waals surface area contributed by atoms with E-state index in [0.717, 1.165) is 5.57 Å². The number of methoxy groups -OCH3 is 1. The van der Waals surface area contributed by atoms with Crippen LogP contribution in [0.3, 0.4) is 0 Å². The molecule has 8 unspecified atom stereocenters. The molecule has 0 spiro atoms. The minimum Gasteiger partial charge on any atom is -0.468 e. The second kappa shape index (κ2) is 9.77. The number of fused-ring (bicyclic) bond motifs is 3. The molecule has 0 aromatic heterocycles. The van der Waals surface area contributed by atoms with Gasteiger partial charge in [0.05, 0.1) is 13.7 Å². The second-order valence-corrected chi connectivity index (χ2v) is 10.4. The number of hydrogen-bond acceptors (Lipinski definition) is 8. The van der Waals surface area contributed by atoms with Crippen LogP contribution in [0.1, 0.15) is 53.4 Å². The highest BCUT2D eigenvalue weighted by Gasteiger charge is 2.69. The van der Waals surface area contributed by atoms with Crippen LogP contribution in [-0.2, 0) is 28.7 Å². The Balaban J connectivity index is 2.01. The van der Waals surface area contributed by atoms with Crippen LogP contribution in [0.5, 0.6) is 0 Å². The van der Waals surface area contributed by atoms with Crippen LogP contribution >= 0.6 is 0 Å². The predicted molar refractivity (Wildman–Crippen MR) is 121 cm³/mol. The van der Waals surface area contributed by atoms with E-state index in [1.54, 1.807) is 6.92 Å². The molecule has 1 amide bonds. The van der Waals surface area contributed by atoms with Gasteiger partial charge in [0.25, 0.3) is 0 Å². The first-order valence-electron chi connectivity index (χ1n) is 12.0. The van der Waals surface area contributed by atoms with Gasteiger partial charge in [-0.3, -0.25) is 19.2 Å². The van der Waals surface area contributed by atoms with Gasteiger partial charge in [0, 0.05) is 31.4 Å². The fourth-order valence-electron chi connectivity index (χ4n) is 7.19. The Labute approximate surface area is 200 Å². The Morgan fingerprint density at radius 3 is 2.50 bits per heavy atom. The Bertz CT molecular complexity index is 884. The van der Waals surface area contributed by atoms with E-state index in [1.165, 1.54) is 20.1 Å². The smallest absolute Gasteiger partial charge is 0.316 e. The quantitative estimate of drug-likeness (QED) is 0.394. The molecule has 9 nitrogen and oxygen atoms in total. The summed E-state index contributed by atoms with van der Waals surface area (Å²) in [7, 11) is 1.25. The van der Waals surface area contributed by atoms with Gasteiger partial charge in [-0.15, -0.1) is 0 Å². The number of ketones is 1. The number of carbonyl (C=O) groups is 4. The fourth-order valence-corrected chi connectivity index (χ4v) is 7.19. The minimum atomic E-state index is -1.42. The molecule has 0 aromatic rings. The van der Waals surface area contributed by atoms with E-state index in [2.05, 4.69) is 5.32 Å². The highest BCUT2D eigenvalue weighted by molar-refractivity contribution is 5.94. The maximum atomic E-state index is 13.8. The number of esters is 2. The molecule has 8 atom stereocenters. The first kappa shape index (κ1) is 26.3. The van der Waals surface area contributed by atoms with Crippen LogP contribution < -0.4 is 5.32 Å². The molecule has 0 bridgehead atoms. The molecular formula is C25H37NO8. The summed E-state index contributed by atoms with van der Waals surface area (Å²) in [6.07, 6.45) is 1.62. The normalized spacial score (nSPS) is 40.7. The summed E-state index contributed by atoms with van der Waals surface area (Å²) in [6, 6.07) is 0. The topological polar surface area (TPSA) is 139 Å². The summed E-state index contributed by atoms with van der Waals surface area (Å²) >= 11 is 0. The fraction of sp³-hybridized carbons (Fsp3) is 0.760. The Hall–Kier alpha value is -2.26. The predicted octanol–water partition coefficient (Wildman–Crippen LogP) is 1.15. The maximum absolute atomic E-state index is 13.8. The van der Waals surface area contributed by atoms with Crippen LogP contribution in [0, 0.1) is 34.5 Å². The summed E-state index contributed by atoms with van der Waals surface area (Å²) in [6.45, 7) is 6.80. The van der Waals surface area contributed by atoms with Crippen LogP contribution in [0.4, 0.5) is 0 Å². The van der Waals surface area contributed by atoms with Gasteiger partial charge < -0.3 is 25.0 Å². The molecule has 0 saturated heterocycles. The molecular weight excluding hydrogens is 442 g/mol. The third-order valence-corrected chi connectivity index (χ3v) is 8.69. The molecule has 3 saturated carbocycles. The van der Waals surface area contributed by atoms with Crippen molar-refractivity contribution in [3.05, 3.63) is 11.6 Å². The van der Waals surface area contributed by atoms with Gasteiger partial charge >= 0.3 is 11.9 Å². The average molecular weight is 480 g/mol. The molecule has 0 radical (unpaired) electrons. The van der Waals surface area contributed by atoms with E-state index in [4.69, 9.17) is 14.6 Å². The first-order valence-corrected chi connectivity index (χ1v) is 12.0. The van der Waals surface area contributed by atoms with Crippen LogP contribution in [0.15, 0.2) is 11.6 Å². The van der Waals surface area contributed by atoms with Crippen molar-refractivity contribution in [3.8, 4) is 0 Å². The summed E-state index contributed by atoms with van der Waals surface area (Å²) in [5.74, 6) is -3.46. The van der Waals surface area contributed by atoms with E-state index >= 15 is 0 Å². The van der Waals surface area contributed by atoms with Gasteiger partial charge in [-0.25, -0.2) is 0 Å². The van der Waals surface area contributed by atoms with Crippen molar-refractivity contribution in [2.75, 3.05) is 20.3 Å². The van der Waals surface area contributed by atoms with E-state index in [0.29, 0.717) is 25.7 Å². The number of allylic oxidation sites excluding steroid dienone is 1. The van der Waals surface area contributed by atoms with Gasteiger partial charge in [-0.2, -0.15) is 0 Å². The molecule has 0 aromatic carbocycles. The van der Waals surface area contributed by atoms with Gasteiger partial charge in [0.1, 0.15) is 17.6 Å². The largest absolute Gasteiger partial charge is 0.468 e. The lowest BCUT2D eigenvalue weighted by molar-refractivity contribution is -0.215. The van der Waals surface area contributed by atoms with Crippen molar-refractivity contribution in [3.63, 3.8) is 0 Å². The average Bonchev–Trinajstić information content (AvgIpc) is 2.78. The third-order valence-electron chi connectivity index (χ3n) is 8.69. The standard InChI is InChI=1S/C25H37NO8/c1-13-15(12-18(29)26-10-11-27)6-7-16-19(13)20(30)21(31)22-24(16,3)9-8-17(34-14(2)28)25(22,4)23(32)33-5/h12-13,16-17,19-20,22,27,30H,6-11H2,1-5H3,(H,26,29). The van der Waals surface area contributed by atoms with Crippen molar-refractivity contribution >= 4 is 23.6 Å². The highest BCUT2D eigenvalue weighted by Crippen LogP contribution is 2.64. The molecule has 3 fully saturated rings. The van der Waals surface area contributed by atoms with Crippen molar-refractivity contribution in [1.29, 1.82) is 0 Å². The summed E-state index contributed by atoms with van der Waals surface area (Å²) in [5, 5.41) is 22.8. The molecule has 9 heteroatoms. The molecule has 3 aliphatic carbocycles. The van der Waals surface area contributed by atoms with Crippen molar-refractivity contribution < 1.29 is 38.9 Å². The van der Waals surface area contributed by atoms with Gasteiger partial charge in [-0.05, 0) is 49.9 Å². The number of carbonyl (C=O) groups excluding carboxylic acids is 4. The molecule has 3 rings (SSSR count). The van der Waals surface area contributed by atoms with Crippen molar-refractivity contribution in [1.82, 2.24) is 5.32 Å². The zero-order valence-electron chi connectivity index (χ0n) is 20.6. The molecule has 3 N–H and O–H groups in total. The second-order valence-electron chi connectivity index (χ2n) is 10.4. The molecule has 0 heterocycles. The summed E-state index contributed by atoms with van der Waals surface area (Å²) in [4.78, 5) is 50.9. The SMILES string of the molecule is COC(=O)C1(C)C(OC(C)=O)CCC2(C)C3CCC(=CC(=O)NCCO)C(C)C3C(O)C(=O)C21. The number of aliphatic hydroxyl groups excluding tert-OH is 2. The number of nitrogens with one attached hydrogen (secondary N) is 1. The van der Waals surface area contributed by atoms with Crippen molar-refractivity contribution in [2.45, 2.75) is 65.6 Å². The number of amides is 1. The summed E-state index contributed by atoms with van der Waals surface area (Å²) < 4.78 is 10.6. The molecule has 0 aliphatic heterocycles. The first-order chi connectivity index (χ1) is 15.9. The van der Waals surface area contributed by atoms with Crippen molar-refractivity contribution in [2.24, 2.45) is 34.5 Å². The van der Waals surface area contributed by atoms with E-state index in [1.807, 2.05) is 13.8 Å². The molecule has 34 heavy (non-hydrogen) atoms. The zero-order valence-corrected chi connectivity index (χ0v) is 20.6. The lowest BCUT2D eigenvalue weighted by Gasteiger charge is -2.62. The Kier molecular flexibility index (Phi) is 7.57. The van der Waals surface area contributed by atoms with E-state index in [9.17, 15) is 24.3 Å². The number of Topliss-reactive ketones (excluding diaryl/α,β-unsaturated/α-hetero) is 1. The maximum Gasteiger partial charge on any atom is 0.316 e. The number of ether oxygens (including phenoxy) is 2. The molecule has 190 valence electrons. The Morgan fingerprint density at radius 1 is 1.24 bits per heavy atom. The van der Waals surface area contributed by atoms with Crippen LogP contribution in [0.25, 0.3) is 0 Å². The van der Waals surface area contributed by atoms with E-state index in [-0.39, 0.29) is 30.9 Å². The lowest BCUT2D eigenvalue weighted by atomic mass is 9.41. The molecule has 3 aliphatic rings. The lowest BCUT2D eigenvalue weighted by Crippen LogP contribution is -2.68. The minimum absolute atomic E-state index is 0.0693. The van der Waals surface area contributed by atoms with Gasteiger partial charge in [-0.1, -0.05) is 19.4 Å². The van der Waals surface area contributed by atoms with E-state index < -0.39 is 52.6 Å². The highest BCUT2D eigenvalue weighted by atomic mass is 16.6. The van der Waals surface area contributed by atoms with Gasteiger partial charge in [0.15, 0.2) is 5.78 Å². The number of rotatable bonds is 5. The Morgan fingerprint density at radius 2 is 1.91 bits per heavy atom. The monoisotopic (exact) mass is 479 g/mol. The number of aliphatic hydroxyl groups is 2. The van der Waals surface area contributed by atoms with Gasteiger partial charge in [0.2, 0.25) is 5.91 Å². The van der Waals surface area contributed by atoms with Crippen LogP contribution in [-0.4, -0.2) is 66.3 Å². The zero-order chi connectivity index (χ0) is 25.4. The third kappa shape index (κ3) is 4.17. The summed E-state index contributed by atoms with van der Waals surface area (Å²) in [5.41, 5.74) is -1.17. The van der Waals surface area contributed by atoms with Crippen LogP contribution in [0.2, 0.25) is 0 Å². The number of hydrogen-bond donors (Lipinski definition) is 3.